The van der Waals surface area contributed by atoms with Gasteiger partial charge in [-0.2, -0.15) is 5.26 Å². The molecule has 22 heavy (non-hydrogen) atoms. The molecule has 0 aromatic heterocycles. The number of non-ortho nitro benzene ring substituents is 1. The minimum atomic E-state index is -0.492. The lowest BCUT2D eigenvalue weighted by Gasteiger charge is -2.09. The van der Waals surface area contributed by atoms with Gasteiger partial charge < -0.3 is 10.6 Å². The Kier molecular flexibility index (Phi) is 4.34. The molecule has 2 rings (SSSR count). The zero-order valence-electron chi connectivity index (χ0n) is 11.7. The van der Waals surface area contributed by atoms with Gasteiger partial charge in [-0.15, -0.1) is 0 Å². The predicted molar refractivity (Wildman–Crippen MR) is 81.6 cm³/mol. The van der Waals surface area contributed by atoms with Crippen molar-refractivity contribution in [2.45, 2.75) is 6.92 Å². The third-order valence-corrected chi connectivity index (χ3v) is 2.94. The topological polar surface area (TPSA) is 108 Å². The van der Waals surface area contributed by atoms with Crippen LogP contribution in [0, 0.1) is 28.4 Å². The summed E-state index contributed by atoms with van der Waals surface area (Å²) in [5, 5.41) is 24.6. The highest BCUT2D eigenvalue weighted by Crippen LogP contribution is 2.21. The van der Waals surface area contributed by atoms with Gasteiger partial charge in [0.1, 0.15) is 0 Å². The van der Waals surface area contributed by atoms with E-state index in [2.05, 4.69) is 10.6 Å². The first kappa shape index (κ1) is 15.0. The van der Waals surface area contributed by atoms with Crippen molar-refractivity contribution in [2.75, 3.05) is 10.6 Å². The molecular formula is C15H12N4O3. The molecule has 110 valence electrons. The summed E-state index contributed by atoms with van der Waals surface area (Å²) >= 11 is 0. The van der Waals surface area contributed by atoms with Crippen molar-refractivity contribution in [3.05, 3.63) is 63.7 Å². The van der Waals surface area contributed by atoms with Crippen molar-refractivity contribution in [1.29, 1.82) is 5.26 Å². The second-order valence-electron chi connectivity index (χ2n) is 4.52. The van der Waals surface area contributed by atoms with Crippen LogP contribution in [0.5, 0.6) is 0 Å². The number of carbonyl (C=O) groups excluding carboxylic acids is 1. The summed E-state index contributed by atoms with van der Waals surface area (Å²) in [5.41, 5.74) is 2.07. The number of benzene rings is 2. The molecule has 2 amide bonds. The lowest BCUT2D eigenvalue weighted by molar-refractivity contribution is -0.384. The van der Waals surface area contributed by atoms with Crippen molar-refractivity contribution in [3.8, 4) is 6.07 Å². The van der Waals surface area contributed by atoms with Crippen molar-refractivity contribution < 1.29 is 9.72 Å². The van der Waals surface area contributed by atoms with Crippen molar-refractivity contribution in [3.63, 3.8) is 0 Å². The van der Waals surface area contributed by atoms with E-state index >= 15 is 0 Å². The number of nitro benzene ring substituents is 1. The van der Waals surface area contributed by atoms with Crippen molar-refractivity contribution in [2.24, 2.45) is 0 Å². The minimum Gasteiger partial charge on any atom is -0.308 e. The number of nitriles is 1. The molecule has 0 aliphatic rings. The van der Waals surface area contributed by atoms with Crippen LogP contribution in [0.2, 0.25) is 0 Å². The van der Waals surface area contributed by atoms with Crippen LogP contribution in [0.25, 0.3) is 0 Å². The molecule has 0 fully saturated rings. The predicted octanol–water partition coefficient (Wildman–Crippen LogP) is 3.42. The summed E-state index contributed by atoms with van der Waals surface area (Å²) in [6.07, 6.45) is 0. The minimum absolute atomic E-state index is 0.0319. The maximum Gasteiger partial charge on any atom is 0.323 e. The Morgan fingerprint density at radius 2 is 1.86 bits per heavy atom. The van der Waals surface area contributed by atoms with Crippen LogP contribution < -0.4 is 10.6 Å². The molecule has 0 heterocycles. The Balaban J connectivity index is 2.05. The zero-order chi connectivity index (χ0) is 16.1. The smallest absolute Gasteiger partial charge is 0.308 e. The van der Waals surface area contributed by atoms with Crippen LogP contribution in [0.1, 0.15) is 11.1 Å². The first-order valence-electron chi connectivity index (χ1n) is 6.33. The van der Waals surface area contributed by atoms with Gasteiger partial charge >= 0.3 is 6.03 Å². The van der Waals surface area contributed by atoms with Gasteiger partial charge in [-0.05, 0) is 42.8 Å². The van der Waals surface area contributed by atoms with Gasteiger partial charge in [-0.1, -0.05) is 0 Å². The highest BCUT2D eigenvalue weighted by Gasteiger charge is 2.10. The third-order valence-electron chi connectivity index (χ3n) is 2.94. The fourth-order valence-electron chi connectivity index (χ4n) is 1.81. The van der Waals surface area contributed by atoms with E-state index in [0.29, 0.717) is 22.5 Å². The molecule has 0 radical (unpaired) electrons. The molecule has 0 saturated carbocycles. The fourth-order valence-corrected chi connectivity index (χ4v) is 1.81. The SMILES string of the molecule is Cc1cc([N+](=O)[O-])ccc1NC(=O)Nc1ccc(C#N)cc1. The summed E-state index contributed by atoms with van der Waals surface area (Å²) in [7, 11) is 0. The molecule has 0 saturated heterocycles. The number of anilines is 2. The second kappa shape index (κ2) is 6.37. The number of hydrogen-bond acceptors (Lipinski definition) is 4. The van der Waals surface area contributed by atoms with Gasteiger partial charge in [0, 0.05) is 23.5 Å². The Labute approximate surface area is 126 Å². The number of amides is 2. The molecule has 7 nitrogen and oxygen atoms in total. The molecule has 7 heteroatoms. The number of carbonyl (C=O) groups is 1. The van der Waals surface area contributed by atoms with E-state index in [1.807, 2.05) is 6.07 Å². The van der Waals surface area contributed by atoms with Gasteiger partial charge in [0.2, 0.25) is 0 Å². The number of aryl methyl sites for hydroxylation is 1. The van der Waals surface area contributed by atoms with E-state index in [-0.39, 0.29) is 5.69 Å². The van der Waals surface area contributed by atoms with E-state index < -0.39 is 11.0 Å². The molecule has 0 bridgehead atoms. The van der Waals surface area contributed by atoms with Crippen LogP contribution in [-0.4, -0.2) is 11.0 Å². The molecule has 0 aliphatic carbocycles. The highest BCUT2D eigenvalue weighted by molar-refractivity contribution is 6.00. The normalized spacial score (nSPS) is 9.64. The highest BCUT2D eigenvalue weighted by atomic mass is 16.6. The number of nitrogens with one attached hydrogen (secondary N) is 2. The van der Waals surface area contributed by atoms with E-state index in [0.717, 1.165) is 0 Å². The summed E-state index contributed by atoms with van der Waals surface area (Å²) in [6, 6.07) is 12.1. The van der Waals surface area contributed by atoms with Gasteiger partial charge in [-0.25, -0.2) is 4.79 Å². The lowest BCUT2D eigenvalue weighted by atomic mass is 10.2. The third kappa shape index (κ3) is 3.58. The van der Waals surface area contributed by atoms with Crippen LogP contribution >= 0.6 is 0 Å². The maximum absolute atomic E-state index is 11.9. The number of hydrogen-bond donors (Lipinski definition) is 2. The number of nitro groups is 1. The van der Waals surface area contributed by atoms with E-state index in [1.165, 1.54) is 18.2 Å². The molecule has 2 aromatic carbocycles. The van der Waals surface area contributed by atoms with Crippen LogP contribution in [0.15, 0.2) is 42.5 Å². The standard InChI is InChI=1S/C15H12N4O3/c1-10-8-13(19(21)22)6-7-14(10)18-15(20)17-12-4-2-11(9-16)3-5-12/h2-8H,1H3,(H2,17,18,20). The number of urea groups is 1. The summed E-state index contributed by atoms with van der Waals surface area (Å²) in [6.45, 7) is 1.67. The maximum atomic E-state index is 11.9. The quantitative estimate of drug-likeness (QED) is 0.668. The molecule has 2 aromatic rings. The molecule has 0 unspecified atom stereocenters. The Bertz CT molecular complexity index is 763. The second-order valence-corrected chi connectivity index (χ2v) is 4.52. The molecule has 0 aliphatic heterocycles. The van der Waals surface area contributed by atoms with E-state index in [1.54, 1.807) is 31.2 Å². The summed E-state index contributed by atoms with van der Waals surface area (Å²) < 4.78 is 0. The zero-order valence-corrected chi connectivity index (χ0v) is 11.7. The van der Waals surface area contributed by atoms with Gasteiger partial charge in [-0.3, -0.25) is 10.1 Å². The van der Waals surface area contributed by atoms with Crippen molar-refractivity contribution in [1.82, 2.24) is 0 Å². The molecular weight excluding hydrogens is 284 g/mol. The van der Waals surface area contributed by atoms with Gasteiger partial charge in [0.15, 0.2) is 0 Å². The monoisotopic (exact) mass is 296 g/mol. The largest absolute Gasteiger partial charge is 0.323 e. The van der Waals surface area contributed by atoms with Crippen molar-refractivity contribution >= 4 is 23.1 Å². The van der Waals surface area contributed by atoms with Gasteiger partial charge in [0.05, 0.1) is 16.6 Å². The molecule has 2 N–H and O–H groups in total. The summed E-state index contributed by atoms with van der Waals surface area (Å²) in [5.74, 6) is 0. The van der Waals surface area contributed by atoms with Crippen LogP contribution in [0.4, 0.5) is 21.9 Å². The van der Waals surface area contributed by atoms with E-state index in [9.17, 15) is 14.9 Å². The average Bonchev–Trinajstić information content (AvgIpc) is 2.50. The Morgan fingerprint density at radius 3 is 2.41 bits per heavy atom. The Hall–Kier alpha value is -3.40. The number of nitrogens with zero attached hydrogens (tertiary/aromatic N) is 2. The fraction of sp³-hybridized carbons (Fsp3) is 0.0667. The van der Waals surface area contributed by atoms with Crippen LogP contribution in [0.3, 0.4) is 0 Å². The molecule has 0 spiro atoms. The first-order chi connectivity index (χ1) is 10.5. The van der Waals surface area contributed by atoms with E-state index in [4.69, 9.17) is 5.26 Å². The van der Waals surface area contributed by atoms with Gasteiger partial charge in [0.25, 0.3) is 5.69 Å². The first-order valence-corrected chi connectivity index (χ1v) is 6.33. The lowest BCUT2D eigenvalue weighted by Crippen LogP contribution is -2.19. The number of rotatable bonds is 3. The van der Waals surface area contributed by atoms with Crippen LogP contribution in [-0.2, 0) is 0 Å². The average molecular weight is 296 g/mol. The Morgan fingerprint density at radius 1 is 1.18 bits per heavy atom. The molecule has 0 atom stereocenters. The summed E-state index contributed by atoms with van der Waals surface area (Å²) in [4.78, 5) is 22.1.